The van der Waals surface area contributed by atoms with Gasteiger partial charge in [0.15, 0.2) is 5.82 Å². The summed E-state index contributed by atoms with van der Waals surface area (Å²) in [6.07, 6.45) is 4.59. The molecule has 4 nitrogen and oxygen atoms in total. The van der Waals surface area contributed by atoms with Crippen molar-refractivity contribution in [1.82, 2.24) is 10.1 Å². The molecule has 21 heavy (non-hydrogen) atoms. The van der Waals surface area contributed by atoms with Crippen molar-refractivity contribution in [2.45, 2.75) is 52.4 Å². The van der Waals surface area contributed by atoms with E-state index in [1.54, 1.807) is 0 Å². The van der Waals surface area contributed by atoms with E-state index in [1.807, 2.05) is 25.1 Å². The summed E-state index contributed by atoms with van der Waals surface area (Å²) >= 11 is 0. The lowest BCUT2D eigenvalue weighted by atomic mass is 9.73. The number of aryl methyl sites for hydroxylation is 1. The lowest BCUT2D eigenvalue weighted by Gasteiger charge is -2.32. The van der Waals surface area contributed by atoms with E-state index in [0.29, 0.717) is 22.8 Å². The average Bonchev–Trinajstić information content (AvgIpc) is 2.91. The highest BCUT2D eigenvalue weighted by molar-refractivity contribution is 5.64. The normalized spacial score (nSPS) is 18.8. The first-order valence-electron chi connectivity index (χ1n) is 7.59. The fourth-order valence-electron chi connectivity index (χ4n) is 3.00. The van der Waals surface area contributed by atoms with Crippen molar-refractivity contribution in [2.24, 2.45) is 5.41 Å². The molecular formula is C17H22N2O2. The Kier molecular flexibility index (Phi) is 3.47. The summed E-state index contributed by atoms with van der Waals surface area (Å²) in [6, 6.07) is 5.56. The Morgan fingerprint density at radius 1 is 1.24 bits per heavy atom. The smallest absolute Gasteiger partial charge is 0.261 e. The quantitative estimate of drug-likeness (QED) is 0.887. The molecule has 1 aliphatic carbocycles. The Labute approximate surface area is 125 Å². The molecular weight excluding hydrogens is 264 g/mol. The number of hydrogen-bond donors (Lipinski definition) is 1. The molecule has 0 spiro atoms. The third-order valence-corrected chi connectivity index (χ3v) is 4.61. The molecule has 0 aliphatic heterocycles. The minimum Gasteiger partial charge on any atom is -0.507 e. The molecule has 0 bridgehead atoms. The minimum atomic E-state index is 0.220. The molecule has 0 radical (unpaired) electrons. The molecule has 112 valence electrons. The van der Waals surface area contributed by atoms with Crippen molar-refractivity contribution < 1.29 is 9.63 Å². The lowest BCUT2D eigenvalue weighted by molar-refractivity contribution is 0.218. The highest BCUT2D eigenvalue weighted by Crippen LogP contribution is 2.42. The van der Waals surface area contributed by atoms with Gasteiger partial charge in [-0.05, 0) is 49.7 Å². The monoisotopic (exact) mass is 286 g/mol. The Morgan fingerprint density at radius 2 is 1.95 bits per heavy atom. The van der Waals surface area contributed by atoms with Gasteiger partial charge in [0.1, 0.15) is 5.75 Å². The third kappa shape index (κ3) is 2.80. The SMILES string of the molecule is Cc1cccc(-c2nc(C3CCC(C)(C)CC3)no2)c1O. The highest BCUT2D eigenvalue weighted by Gasteiger charge is 2.30. The molecule has 2 aromatic rings. The largest absolute Gasteiger partial charge is 0.507 e. The maximum Gasteiger partial charge on any atom is 0.261 e. The molecule has 1 aromatic heterocycles. The molecule has 1 aliphatic rings. The van der Waals surface area contributed by atoms with E-state index in [0.717, 1.165) is 24.2 Å². The second kappa shape index (κ2) is 5.17. The molecule has 1 aromatic carbocycles. The second-order valence-corrected chi connectivity index (χ2v) is 6.87. The molecule has 1 saturated carbocycles. The molecule has 0 amide bonds. The van der Waals surface area contributed by atoms with Crippen LogP contribution in [0, 0.1) is 12.3 Å². The number of phenols is 1. The number of aromatic hydroxyl groups is 1. The second-order valence-electron chi connectivity index (χ2n) is 6.87. The van der Waals surface area contributed by atoms with Gasteiger partial charge in [0, 0.05) is 5.92 Å². The molecule has 0 saturated heterocycles. The number of para-hydroxylation sites is 1. The molecule has 4 heteroatoms. The van der Waals surface area contributed by atoms with Crippen molar-refractivity contribution in [3.8, 4) is 17.2 Å². The Balaban J connectivity index is 1.82. The minimum absolute atomic E-state index is 0.220. The van der Waals surface area contributed by atoms with Crippen LogP contribution >= 0.6 is 0 Å². The number of phenolic OH excluding ortho intramolecular Hbond substituents is 1. The van der Waals surface area contributed by atoms with Crippen LogP contribution in [-0.2, 0) is 0 Å². The van der Waals surface area contributed by atoms with Gasteiger partial charge < -0.3 is 9.63 Å². The van der Waals surface area contributed by atoms with Crippen molar-refractivity contribution in [3.63, 3.8) is 0 Å². The molecule has 1 N–H and O–H groups in total. The summed E-state index contributed by atoms with van der Waals surface area (Å²) in [6.45, 7) is 6.49. The Hall–Kier alpha value is -1.84. The first-order chi connectivity index (χ1) is 9.96. The van der Waals surface area contributed by atoms with E-state index in [2.05, 4.69) is 24.0 Å². The van der Waals surface area contributed by atoms with Crippen molar-refractivity contribution in [2.75, 3.05) is 0 Å². The van der Waals surface area contributed by atoms with Crippen LogP contribution in [-0.4, -0.2) is 15.2 Å². The molecule has 0 unspecified atom stereocenters. The first kappa shape index (κ1) is 14.1. The molecule has 1 heterocycles. The Bertz CT molecular complexity index is 636. The van der Waals surface area contributed by atoms with Crippen LogP contribution in [0.2, 0.25) is 0 Å². The number of aromatic nitrogens is 2. The summed E-state index contributed by atoms with van der Waals surface area (Å²) < 4.78 is 5.37. The van der Waals surface area contributed by atoms with Gasteiger partial charge in [0.2, 0.25) is 0 Å². The van der Waals surface area contributed by atoms with Crippen LogP contribution in [0.3, 0.4) is 0 Å². The van der Waals surface area contributed by atoms with Crippen molar-refractivity contribution >= 4 is 0 Å². The standard InChI is InChI=1S/C17H22N2O2/c1-11-5-4-6-13(14(11)20)16-18-15(19-21-16)12-7-9-17(2,3)10-8-12/h4-6,12,20H,7-10H2,1-3H3. The van der Waals surface area contributed by atoms with Gasteiger partial charge in [-0.1, -0.05) is 31.1 Å². The van der Waals surface area contributed by atoms with Crippen LogP contribution in [0.4, 0.5) is 0 Å². The average molecular weight is 286 g/mol. The first-order valence-corrected chi connectivity index (χ1v) is 7.59. The zero-order valence-corrected chi connectivity index (χ0v) is 12.9. The topological polar surface area (TPSA) is 59.2 Å². The van der Waals surface area contributed by atoms with E-state index >= 15 is 0 Å². The zero-order chi connectivity index (χ0) is 15.0. The van der Waals surface area contributed by atoms with E-state index in [-0.39, 0.29) is 5.75 Å². The Morgan fingerprint density at radius 3 is 2.67 bits per heavy atom. The molecule has 1 fully saturated rings. The number of benzene rings is 1. The van der Waals surface area contributed by atoms with Crippen molar-refractivity contribution in [1.29, 1.82) is 0 Å². The number of rotatable bonds is 2. The van der Waals surface area contributed by atoms with E-state index in [1.165, 1.54) is 12.8 Å². The van der Waals surface area contributed by atoms with E-state index < -0.39 is 0 Å². The summed E-state index contributed by atoms with van der Waals surface area (Å²) in [5, 5.41) is 14.2. The third-order valence-electron chi connectivity index (χ3n) is 4.61. The van der Waals surface area contributed by atoms with Crippen LogP contribution in [0.15, 0.2) is 22.7 Å². The summed E-state index contributed by atoms with van der Waals surface area (Å²) in [7, 11) is 0. The zero-order valence-electron chi connectivity index (χ0n) is 12.9. The van der Waals surface area contributed by atoms with Gasteiger partial charge in [-0.2, -0.15) is 4.98 Å². The van der Waals surface area contributed by atoms with Gasteiger partial charge in [-0.25, -0.2) is 0 Å². The van der Waals surface area contributed by atoms with Gasteiger partial charge in [-0.3, -0.25) is 0 Å². The predicted octanol–water partition coefficient (Wildman–Crippen LogP) is 4.43. The predicted molar refractivity (Wildman–Crippen MR) is 81.1 cm³/mol. The fourth-order valence-corrected chi connectivity index (χ4v) is 3.00. The molecule has 0 atom stereocenters. The lowest BCUT2D eigenvalue weighted by Crippen LogP contribution is -2.20. The highest BCUT2D eigenvalue weighted by atomic mass is 16.5. The van der Waals surface area contributed by atoms with Crippen LogP contribution < -0.4 is 0 Å². The van der Waals surface area contributed by atoms with Gasteiger partial charge in [0.05, 0.1) is 5.56 Å². The van der Waals surface area contributed by atoms with Crippen molar-refractivity contribution in [3.05, 3.63) is 29.6 Å². The van der Waals surface area contributed by atoms with Crippen LogP contribution in [0.5, 0.6) is 5.75 Å². The van der Waals surface area contributed by atoms with Crippen LogP contribution in [0.1, 0.15) is 56.8 Å². The maximum absolute atomic E-state index is 10.1. The van der Waals surface area contributed by atoms with Gasteiger partial charge in [0.25, 0.3) is 5.89 Å². The van der Waals surface area contributed by atoms with Crippen LogP contribution in [0.25, 0.3) is 11.5 Å². The summed E-state index contributed by atoms with van der Waals surface area (Å²) in [5.74, 6) is 1.79. The van der Waals surface area contributed by atoms with Gasteiger partial charge in [-0.15, -0.1) is 0 Å². The summed E-state index contributed by atoms with van der Waals surface area (Å²) in [4.78, 5) is 4.52. The number of hydrogen-bond acceptors (Lipinski definition) is 4. The summed E-state index contributed by atoms with van der Waals surface area (Å²) in [5.41, 5.74) is 1.86. The maximum atomic E-state index is 10.1. The van der Waals surface area contributed by atoms with E-state index in [4.69, 9.17) is 4.52 Å². The fraction of sp³-hybridized carbons (Fsp3) is 0.529. The van der Waals surface area contributed by atoms with Gasteiger partial charge >= 0.3 is 0 Å². The van der Waals surface area contributed by atoms with E-state index in [9.17, 15) is 5.11 Å². The number of nitrogens with zero attached hydrogens (tertiary/aromatic N) is 2. The molecule has 3 rings (SSSR count).